The van der Waals surface area contributed by atoms with Crippen LogP contribution in [0.2, 0.25) is 0 Å². The van der Waals surface area contributed by atoms with E-state index in [2.05, 4.69) is 0 Å². The zero-order valence-corrected chi connectivity index (χ0v) is 11.8. The molecule has 1 heterocycles. The molecule has 0 aromatic carbocycles. The molecule has 1 unspecified atom stereocenters. The Morgan fingerprint density at radius 1 is 1.43 bits per heavy atom. The van der Waals surface area contributed by atoms with E-state index in [9.17, 15) is 19.8 Å². The second-order valence-corrected chi connectivity index (χ2v) is 4.55. The summed E-state index contributed by atoms with van der Waals surface area (Å²) in [5.74, 6) is -1.85. The van der Waals surface area contributed by atoms with Gasteiger partial charge in [-0.15, -0.1) is 0 Å². The van der Waals surface area contributed by atoms with Gasteiger partial charge in [0.15, 0.2) is 11.8 Å². The number of carboxylic acid groups (broad SMARTS) is 1. The molecule has 0 spiro atoms. The Morgan fingerprint density at radius 3 is 2.57 bits per heavy atom. The Bertz CT molecular complexity index is 542. The summed E-state index contributed by atoms with van der Waals surface area (Å²) in [5, 5.41) is 36.8. The largest absolute Gasteiger partial charge is 0.503 e. The molecule has 4 N–H and O–H groups in total. The van der Waals surface area contributed by atoms with Gasteiger partial charge in [0.05, 0.1) is 19.4 Å². The first kappa shape index (κ1) is 17.2. The van der Waals surface area contributed by atoms with Crippen molar-refractivity contribution in [3.8, 4) is 5.75 Å². The zero-order chi connectivity index (χ0) is 16.0. The van der Waals surface area contributed by atoms with Gasteiger partial charge in [-0.2, -0.15) is 0 Å². The standard InChI is InChI=1S/C13H20N2O6/c1-2-14(3-4-16)6-9-5-11(18)12(19)7-15(9)10(8-17)13(20)21/h5,7,10,16-17,19H,2-4,6,8H2,1H3,(H,20,21). The third kappa shape index (κ3) is 4.28. The number of nitrogens with zero attached hydrogens (tertiary/aromatic N) is 2. The predicted octanol–water partition coefficient (Wildman–Crippen LogP) is -1.01. The smallest absolute Gasteiger partial charge is 0.329 e. The monoisotopic (exact) mass is 300 g/mol. The molecule has 0 amide bonds. The van der Waals surface area contributed by atoms with Crippen molar-refractivity contribution in [3.63, 3.8) is 0 Å². The van der Waals surface area contributed by atoms with Gasteiger partial charge < -0.3 is 25.0 Å². The van der Waals surface area contributed by atoms with E-state index < -0.39 is 29.8 Å². The number of aromatic nitrogens is 1. The van der Waals surface area contributed by atoms with Crippen LogP contribution in [0.25, 0.3) is 0 Å². The number of carbonyl (C=O) groups is 1. The summed E-state index contributed by atoms with van der Waals surface area (Å²) in [5.41, 5.74) is -0.280. The van der Waals surface area contributed by atoms with Crippen LogP contribution >= 0.6 is 0 Å². The molecule has 8 nitrogen and oxygen atoms in total. The van der Waals surface area contributed by atoms with E-state index in [4.69, 9.17) is 10.2 Å². The SMILES string of the molecule is CCN(CCO)Cc1cc(=O)c(O)cn1C(CO)C(=O)O. The Balaban J connectivity index is 3.25. The number of hydrogen-bond donors (Lipinski definition) is 4. The van der Waals surface area contributed by atoms with E-state index >= 15 is 0 Å². The van der Waals surface area contributed by atoms with Gasteiger partial charge in [-0.25, -0.2) is 4.79 Å². The number of aromatic hydroxyl groups is 1. The molecule has 0 bridgehead atoms. The van der Waals surface area contributed by atoms with E-state index in [1.807, 2.05) is 6.92 Å². The topological polar surface area (TPSA) is 123 Å². The lowest BCUT2D eigenvalue weighted by atomic mass is 10.2. The number of aliphatic hydroxyl groups is 2. The Hall–Kier alpha value is -1.90. The minimum absolute atomic E-state index is 0.0709. The highest BCUT2D eigenvalue weighted by atomic mass is 16.4. The third-order valence-electron chi connectivity index (χ3n) is 3.19. The normalized spacial score (nSPS) is 12.6. The van der Waals surface area contributed by atoms with Gasteiger partial charge in [0.1, 0.15) is 0 Å². The Kier molecular flexibility index (Phi) is 6.35. The highest BCUT2D eigenvalue weighted by Crippen LogP contribution is 2.15. The molecular weight excluding hydrogens is 280 g/mol. The first-order chi connectivity index (χ1) is 9.94. The van der Waals surface area contributed by atoms with Crippen LogP contribution in [0.15, 0.2) is 17.1 Å². The van der Waals surface area contributed by atoms with E-state index in [-0.39, 0.29) is 13.2 Å². The van der Waals surface area contributed by atoms with Crippen molar-refractivity contribution in [2.45, 2.75) is 19.5 Å². The van der Waals surface area contributed by atoms with Gasteiger partial charge in [0, 0.05) is 24.8 Å². The van der Waals surface area contributed by atoms with Crippen LogP contribution in [0.1, 0.15) is 18.7 Å². The fourth-order valence-corrected chi connectivity index (χ4v) is 2.00. The number of pyridine rings is 1. The van der Waals surface area contributed by atoms with Crippen molar-refractivity contribution in [1.82, 2.24) is 9.47 Å². The summed E-state index contributed by atoms with van der Waals surface area (Å²) >= 11 is 0. The lowest BCUT2D eigenvalue weighted by Crippen LogP contribution is -2.32. The van der Waals surface area contributed by atoms with Crippen molar-refractivity contribution in [1.29, 1.82) is 0 Å². The Labute approximate surface area is 121 Å². The minimum atomic E-state index is -1.29. The molecule has 0 aliphatic heterocycles. The van der Waals surface area contributed by atoms with Crippen LogP contribution in [0.4, 0.5) is 0 Å². The second-order valence-electron chi connectivity index (χ2n) is 4.55. The van der Waals surface area contributed by atoms with Gasteiger partial charge in [0.2, 0.25) is 5.43 Å². The lowest BCUT2D eigenvalue weighted by Gasteiger charge is -2.24. The van der Waals surface area contributed by atoms with Gasteiger partial charge in [-0.1, -0.05) is 6.92 Å². The number of aliphatic hydroxyl groups excluding tert-OH is 2. The van der Waals surface area contributed by atoms with E-state index in [0.29, 0.717) is 18.8 Å². The van der Waals surface area contributed by atoms with E-state index in [1.54, 1.807) is 4.90 Å². The molecule has 1 aromatic rings. The molecule has 1 atom stereocenters. The van der Waals surface area contributed by atoms with Crippen LogP contribution in [0, 0.1) is 0 Å². The van der Waals surface area contributed by atoms with Crippen molar-refractivity contribution in [2.24, 2.45) is 0 Å². The Morgan fingerprint density at radius 2 is 2.10 bits per heavy atom. The second kappa shape index (κ2) is 7.77. The maximum absolute atomic E-state index is 11.6. The highest BCUT2D eigenvalue weighted by Gasteiger charge is 2.22. The molecule has 0 aliphatic rings. The number of hydrogen-bond acceptors (Lipinski definition) is 6. The molecule has 1 rings (SSSR count). The molecule has 0 fully saturated rings. The maximum atomic E-state index is 11.6. The minimum Gasteiger partial charge on any atom is -0.503 e. The summed E-state index contributed by atoms with van der Waals surface area (Å²) in [7, 11) is 0. The number of aliphatic carboxylic acids is 1. The van der Waals surface area contributed by atoms with Crippen LogP contribution in [0.5, 0.6) is 5.75 Å². The summed E-state index contributed by atoms with van der Waals surface area (Å²) in [4.78, 5) is 24.5. The number of carboxylic acids is 1. The summed E-state index contributed by atoms with van der Waals surface area (Å²) in [6.45, 7) is 2.29. The molecule has 1 aromatic heterocycles. The van der Waals surface area contributed by atoms with Crippen LogP contribution < -0.4 is 5.43 Å². The predicted molar refractivity (Wildman–Crippen MR) is 74.2 cm³/mol. The van der Waals surface area contributed by atoms with Crippen LogP contribution in [-0.2, 0) is 11.3 Å². The molecular formula is C13H20N2O6. The third-order valence-corrected chi connectivity index (χ3v) is 3.19. The molecule has 0 aliphatic carbocycles. The van der Waals surface area contributed by atoms with Crippen molar-refractivity contribution < 1.29 is 25.2 Å². The van der Waals surface area contributed by atoms with Crippen LogP contribution in [-0.4, -0.2) is 62.2 Å². The van der Waals surface area contributed by atoms with Gasteiger partial charge in [0.25, 0.3) is 0 Å². The lowest BCUT2D eigenvalue weighted by molar-refractivity contribution is -0.142. The molecule has 21 heavy (non-hydrogen) atoms. The highest BCUT2D eigenvalue weighted by molar-refractivity contribution is 5.72. The van der Waals surface area contributed by atoms with Gasteiger partial charge in [-0.05, 0) is 6.54 Å². The van der Waals surface area contributed by atoms with Crippen LogP contribution in [0.3, 0.4) is 0 Å². The summed E-state index contributed by atoms with van der Waals surface area (Å²) < 4.78 is 1.17. The van der Waals surface area contributed by atoms with Gasteiger partial charge in [-0.3, -0.25) is 9.69 Å². The van der Waals surface area contributed by atoms with Crippen molar-refractivity contribution >= 4 is 5.97 Å². The molecule has 118 valence electrons. The van der Waals surface area contributed by atoms with E-state index in [1.165, 1.54) is 4.57 Å². The molecule has 8 heteroatoms. The first-order valence-corrected chi connectivity index (χ1v) is 6.55. The van der Waals surface area contributed by atoms with E-state index in [0.717, 1.165) is 12.3 Å². The maximum Gasteiger partial charge on any atom is 0.329 e. The fourth-order valence-electron chi connectivity index (χ4n) is 2.00. The zero-order valence-electron chi connectivity index (χ0n) is 11.8. The number of rotatable bonds is 8. The molecule has 0 saturated carbocycles. The van der Waals surface area contributed by atoms with Crippen molar-refractivity contribution in [2.75, 3.05) is 26.3 Å². The summed E-state index contributed by atoms with van der Waals surface area (Å²) in [6.07, 6.45) is 1.01. The average Bonchev–Trinajstić information content (AvgIpc) is 2.43. The fraction of sp³-hybridized carbons (Fsp3) is 0.538. The first-order valence-electron chi connectivity index (χ1n) is 6.55. The molecule has 0 radical (unpaired) electrons. The quantitative estimate of drug-likeness (QED) is 0.485. The van der Waals surface area contributed by atoms with Gasteiger partial charge >= 0.3 is 5.97 Å². The average molecular weight is 300 g/mol. The summed E-state index contributed by atoms with van der Waals surface area (Å²) in [6, 6.07) is -0.152. The molecule has 0 saturated heterocycles. The number of likely N-dealkylation sites (N-methyl/N-ethyl adjacent to an activating group) is 1. The van der Waals surface area contributed by atoms with Crippen molar-refractivity contribution in [3.05, 3.63) is 28.2 Å².